The molecule has 0 heterocycles. The number of nitrogens with one attached hydrogen (secondary N) is 1. The normalized spacial score (nSPS) is 38.2. The van der Waals surface area contributed by atoms with Crippen molar-refractivity contribution in [2.45, 2.75) is 58.0 Å². The van der Waals surface area contributed by atoms with Gasteiger partial charge < -0.3 is 10.4 Å². The first-order chi connectivity index (χ1) is 7.19. The average Bonchev–Trinajstić information content (AvgIpc) is 2.78. The minimum Gasteiger partial charge on any atom is -0.395 e. The molecule has 2 N–H and O–H groups in total. The Morgan fingerprint density at radius 3 is 2.53 bits per heavy atom. The lowest BCUT2D eigenvalue weighted by Gasteiger charge is -2.26. The molecule has 2 nitrogen and oxygen atoms in total. The summed E-state index contributed by atoms with van der Waals surface area (Å²) in [6, 6.07) is 0.815. The van der Waals surface area contributed by atoms with Crippen molar-refractivity contribution in [3.63, 3.8) is 0 Å². The van der Waals surface area contributed by atoms with E-state index in [9.17, 15) is 0 Å². The van der Waals surface area contributed by atoms with E-state index in [1.807, 2.05) is 0 Å². The van der Waals surface area contributed by atoms with E-state index in [0.29, 0.717) is 6.04 Å². The molecule has 0 saturated heterocycles. The van der Waals surface area contributed by atoms with Crippen LogP contribution in [-0.2, 0) is 0 Å². The Morgan fingerprint density at radius 2 is 2.00 bits per heavy atom. The number of hydrogen-bond donors (Lipinski definition) is 2. The topological polar surface area (TPSA) is 32.3 Å². The molecule has 0 aromatic carbocycles. The minimum atomic E-state index is 0.249. The second-order valence-corrected chi connectivity index (χ2v) is 5.82. The maximum atomic E-state index is 8.99. The van der Waals surface area contributed by atoms with Crippen LogP contribution < -0.4 is 5.32 Å². The highest BCUT2D eigenvalue weighted by molar-refractivity contribution is 4.91. The van der Waals surface area contributed by atoms with E-state index >= 15 is 0 Å². The molecule has 0 amide bonds. The molecule has 2 heteroatoms. The summed E-state index contributed by atoms with van der Waals surface area (Å²) in [4.78, 5) is 0. The number of hydrogen-bond acceptors (Lipinski definition) is 2. The van der Waals surface area contributed by atoms with Crippen molar-refractivity contribution in [1.82, 2.24) is 5.32 Å². The molecule has 0 aromatic heterocycles. The summed E-state index contributed by atoms with van der Waals surface area (Å²) in [5.41, 5.74) is 0. The Balaban J connectivity index is 1.72. The first kappa shape index (κ1) is 11.4. The number of fused-ring (bicyclic) bond motifs is 2. The molecule has 0 radical (unpaired) electrons. The van der Waals surface area contributed by atoms with Crippen LogP contribution in [0.3, 0.4) is 0 Å². The molecule has 2 aliphatic carbocycles. The van der Waals surface area contributed by atoms with E-state index in [-0.39, 0.29) is 12.6 Å². The maximum Gasteiger partial charge on any atom is 0.0582 e. The van der Waals surface area contributed by atoms with Gasteiger partial charge in [-0.2, -0.15) is 0 Å². The van der Waals surface area contributed by atoms with Crippen LogP contribution in [0.5, 0.6) is 0 Å². The molecule has 0 aliphatic heterocycles. The zero-order valence-electron chi connectivity index (χ0n) is 10.1. The first-order valence-electron chi connectivity index (χ1n) is 6.56. The molecule has 88 valence electrons. The lowest BCUT2D eigenvalue weighted by Crippen LogP contribution is -2.38. The van der Waals surface area contributed by atoms with Crippen LogP contribution in [0.2, 0.25) is 0 Å². The molecular weight excluding hydrogens is 186 g/mol. The molecular formula is C13H25NO. The fraction of sp³-hybridized carbons (Fsp3) is 1.00. The highest BCUT2D eigenvalue weighted by Crippen LogP contribution is 2.49. The minimum absolute atomic E-state index is 0.249. The number of aliphatic hydroxyl groups excluding tert-OH is 1. The lowest BCUT2D eigenvalue weighted by molar-refractivity contribution is 0.224. The monoisotopic (exact) mass is 211 g/mol. The molecule has 0 aromatic rings. The van der Waals surface area contributed by atoms with Crippen LogP contribution in [0.15, 0.2) is 0 Å². The van der Waals surface area contributed by atoms with Gasteiger partial charge in [0.25, 0.3) is 0 Å². The Bertz CT molecular complexity index is 207. The summed E-state index contributed by atoms with van der Waals surface area (Å²) in [7, 11) is 0. The van der Waals surface area contributed by atoms with E-state index in [4.69, 9.17) is 5.11 Å². The Morgan fingerprint density at radius 1 is 1.20 bits per heavy atom. The van der Waals surface area contributed by atoms with Crippen molar-refractivity contribution in [1.29, 1.82) is 0 Å². The summed E-state index contributed by atoms with van der Waals surface area (Å²) in [6.45, 7) is 4.57. The summed E-state index contributed by atoms with van der Waals surface area (Å²) in [6.07, 6.45) is 7.27. The molecule has 2 bridgehead atoms. The molecule has 0 unspecified atom stereocenters. The standard InChI is InChI=1S/C13H25NO/c1-9(14-10(2)8-15)5-13-7-11-3-4-12(13)6-11/h9-15H,3-8H2,1-2H3/t9-,10+,11-,12-,13-/m0/s1. The molecule has 2 fully saturated rings. The van der Waals surface area contributed by atoms with Gasteiger partial charge in [0.15, 0.2) is 0 Å². The van der Waals surface area contributed by atoms with Gasteiger partial charge in [-0.15, -0.1) is 0 Å². The predicted octanol–water partition coefficient (Wildman–Crippen LogP) is 2.17. The Kier molecular flexibility index (Phi) is 3.68. The Hall–Kier alpha value is -0.0800. The summed E-state index contributed by atoms with van der Waals surface area (Å²) in [5.74, 6) is 3.06. The SMILES string of the molecule is C[C@H](CO)N[C@@H](C)C[C@H]1C[C@H]2CC[C@H]1C2. The van der Waals surface area contributed by atoms with Crippen LogP contribution in [0.25, 0.3) is 0 Å². The summed E-state index contributed by atoms with van der Waals surface area (Å²) >= 11 is 0. The number of rotatable bonds is 5. The van der Waals surface area contributed by atoms with Gasteiger partial charge >= 0.3 is 0 Å². The zero-order valence-corrected chi connectivity index (χ0v) is 10.1. The van der Waals surface area contributed by atoms with Gasteiger partial charge in [-0.25, -0.2) is 0 Å². The van der Waals surface area contributed by atoms with E-state index in [1.54, 1.807) is 0 Å². The second-order valence-electron chi connectivity index (χ2n) is 5.82. The molecule has 2 rings (SSSR count). The molecule has 5 atom stereocenters. The number of aliphatic hydroxyl groups is 1. The van der Waals surface area contributed by atoms with Crippen LogP contribution in [-0.4, -0.2) is 23.8 Å². The fourth-order valence-corrected chi connectivity index (χ4v) is 3.73. The highest BCUT2D eigenvalue weighted by Gasteiger charge is 2.39. The van der Waals surface area contributed by atoms with E-state index < -0.39 is 0 Å². The summed E-state index contributed by atoms with van der Waals surface area (Å²) in [5, 5.41) is 12.5. The van der Waals surface area contributed by atoms with Crippen molar-refractivity contribution < 1.29 is 5.11 Å². The smallest absolute Gasteiger partial charge is 0.0582 e. The van der Waals surface area contributed by atoms with Crippen LogP contribution in [0, 0.1) is 17.8 Å². The van der Waals surface area contributed by atoms with Gasteiger partial charge in [-0.05, 0) is 57.3 Å². The average molecular weight is 211 g/mol. The lowest BCUT2D eigenvalue weighted by atomic mass is 9.84. The third-order valence-corrected chi connectivity index (χ3v) is 4.38. The summed E-state index contributed by atoms with van der Waals surface area (Å²) < 4.78 is 0. The molecule has 2 saturated carbocycles. The van der Waals surface area contributed by atoms with Crippen LogP contribution in [0.4, 0.5) is 0 Å². The zero-order chi connectivity index (χ0) is 10.8. The second kappa shape index (κ2) is 4.84. The quantitative estimate of drug-likeness (QED) is 0.730. The highest BCUT2D eigenvalue weighted by atomic mass is 16.3. The van der Waals surface area contributed by atoms with Crippen LogP contribution in [0.1, 0.15) is 46.0 Å². The molecule has 0 spiro atoms. The van der Waals surface area contributed by atoms with Gasteiger partial charge in [0.05, 0.1) is 6.61 Å². The largest absolute Gasteiger partial charge is 0.395 e. The van der Waals surface area contributed by atoms with Gasteiger partial charge in [0.1, 0.15) is 0 Å². The third kappa shape index (κ3) is 2.73. The van der Waals surface area contributed by atoms with Gasteiger partial charge in [-0.3, -0.25) is 0 Å². The predicted molar refractivity (Wildman–Crippen MR) is 62.7 cm³/mol. The van der Waals surface area contributed by atoms with Crippen molar-refractivity contribution in [3.8, 4) is 0 Å². The van der Waals surface area contributed by atoms with Crippen molar-refractivity contribution in [2.75, 3.05) is 6.61 Å². The fourth-order valence-electron chi connectivity index (χ4n) is 3.73. The van der Waals surface area contributed by atoms with Gasteiger partial charge in [-0.1, -0.05) is 6.42 Å². The van der Waals surface area contributed by atoms with Crippen molar-refractivity contribution >= 4 is 0 Å². The van der Waals surface area contributed by atoms with E-state index in [1.165, 1.54) is 32.1 Å². The van der Waals surface area contributed by atoms with Crippen molar-refractivity contribution in [2.24, 2.45) is 17.8 Å². The third-order valence-electron chi connectivity index (χ3n) is 4.38. The van der Waals surface area contributed by atoms with Gasteiger partial charge in [0.2, 0.25) is 0 Å². The first-order valence-corrected chi connectivity index (χ1v) is 6.56. The van der Waals surface area contributed by atoms with Crippen LogP contribution >= 0.6 is 0 Å². The molecule has 15 heavy (non-hydrogen) atoms. The van der Waals surface area contributed by atoms with E-state index in [2.05, 4.69) is 19.2 Å². The molecule has 2 aliphatic rings. The van der Waals surface area contributed by atoms with Crippen molar-refractivity contribution in [3.05, 3.63) is 0 Å². The van der Waals surface area contributed by atoms with Gasteiger partial charge in [0, 0.05) is 12.1 Å². The maximum absolute atomic E-state index is 8.99. The Labute approximate surface area is 93.5 Å². The van der Waals surface area contributed by atoms with E-state index in [0.717, 1.165) is 17.8 Å².